The highest BCUT2D eigenvalue weighted by Crippen LogP contribution is 2.33. The summed E-state index contributed by atoms with van der Waals surface area (Å²) in [6.07, 6.45) is -3.66. The minimum absolute atomic E-state index is 0.149. The average Bonchev–Trinajstić information content (AvgIpc) is 2.97. The van der Waals surface area contributed by atoms with Gasteiger partial charge in [0.1, 0.15) is 0 Å². The molecule has 0 saturated carbocycles. The molecule has 0 radical (unpaired) electrons. The van der Waals surface area contributed by atoms with Gasteiger partial charge in [0.25, 0.3) is 0 Å². The molecule has 0 amide bonds. The van der Waals surface area contributed by atoms with Gasteiger partial charge in [-0.15, -0.1) is 0 Å². The van der Waals surface area contributed by atoms with Gasteiger partial charge >= 0.3 is 11.9 Å². The number of H-pyrrole nitrogens is 1. The number of nitrogens with zero attached hydrogens (tertiary/aromatic N) is 1. The number of fused-ring (bicyclic) bond motifs is 1. The second kappa shape index (κ2) is 4.66. The normalized spacial score (nSPS) is 19.9. The van der Waals surface area contributed by atoms with Gasteiger partial charge in [0.2, 0.25) is 0 Å². The molecule has 1 aliphatic rings. The van der Waals surface area contributed by atoms with Gasteiger partial charge in [0, 0.05) is 19.1 Å². The Kier molecular flexibility index (Phi) is 3.08. The van der Waals surface area contributed by atoms with Crippen LogP contribution < -0.4 is 5.69 Å². The molecule has 1 aromatic carbocycles. The van der Waals surface area contributed by atoms with Crippen LogP contribution in [0.15, 0.2) is 23.0 Å². The van der Waals surface area contributed by atoms with Crippen LogP contribution in [-0.4, -0.2) is 22.8 Å². The van der Waals surface area contributed by atoms with E-state index in [1.807, 2.05) is 0 Å². The van der Waals surface area contributed by atoms with Crippen molar-refractivity contribution in [3.8, 4) is 0 Å². The Labute approximate surface area is 112 Å². The molecule has 1 aliphatic heterocycles. The molecule has 4 nitrogen and oxygen atoms in total. The van der Waals surface area contributed by atoms with Crippen LogP contribution in [0.2, 0.25) is 0 Å². The highest BCUT2D eigenvalue weighted by molar-refractivity contribution is 5.79. The molecule has 1 aromatic heterocycles. The zero-order valence-electron chi connectivity index (χ0n) is 10.5. The first-order chi connectivity index (χ1) is 9.47. The number of imidazole rings is 1. The maximum atomic E-state index is 12.9. The van der Waals surface area contributed by atoms with Crippen molar-refractivity contribution in [3.63, 3.8) is 0 Å². The van der Waals surface area contributed by atoms with E-state index in [9.17, 15) is 18.0 Å². The number of aromatic amines is 1. The van der Waals surface area contributed by atoms with E-state index in [0.29, 0.717) is 19.8 Å². The predicted octanol–water partition coefficient (Wildman–Crippen LogP) is 2.38. The van der Waals surface area contributed by atoms with Crippen LogP contribution in [-0.2, 0) is 17.5 Å². The third-order valence-electron chi connectivity index (χ3n) is 3.58. The first-order valence-electron chi connectivity index (χ1n) is 6.33. The molecule has 20 heavy (non-hydrogen) atoms. The molecule has 2 heterocycles. The fourth-order valence-electron chi connectivity index (χ4n) is 2.58. The fraction of sp³-hybridized carbons (Fsp3) is 0.462. The molecule has 0 aliphatic carbocycles. The van der Waals surface area contributed by atoms with Gasteiger partial charge in [-0.1, -0.05) is 6.07 Å². The fourth-order valence-corrected chi connectivity index (χ4v) is 2.58. The Morgan fingerprint density at radius 3 is 2.85 bits per heavy atom. The Morgan fingerprint density at radius 2 is 2.20 bits per heavy atom. The Bertz CT molecular complexity index is 681. The minimum atomic E-state index is -4.48. The number of nitrogens with one attached hydrogen (secondary N) is 1. The number of aromatic nitrogens is 2. The van der Waals surface area contributed by atoms with Crippen molar-refractivity contribution in [3.05, 3.63) is 34.2 Å². The van der Waals surface area contributed by atoms with Crippen molar-refractivity contribution in [2.24, 2.45) is 5.92 Å². The molecular weight excluding hydrogens is 273 g/mol. The Balaban J connectivity index is 2.09. The third-order valence-corrected chi connectivity index (χ3v) is 3.58. The van der Waals surface area contributed by atoms with E-state index in [1.165, 1.54) is 16.7 Å². The summed E-state index contributed by atoms with van der Waals surface area (Å²) in [6, 6.07) is 3.82. The van der Waals surface area contributed by atoms with Gasteiger partial charge in [-0.25, -0.2) is 4.79 Å². The summed E-state index contributed by atoms with van der Waals surface area (Å²) in [5.74, 6) is 0.168. The number of para-hydroxylation sites is 1. The number of hydrogen-bond donors (Lipinski definition) is 1. The topological polar surface area (TPSA) is 47.0 Å². The summed E-state index contributed by atoms with van der Waals surface area (Å²) in [5, 5.41) is 0. The van der Waals surface area contributed by atoms with Gasteiger partial charge < -0.3 is 9.72 Å². The number of hydrogen-bond acceptors (Lipinski definition) is 2. The van der Waals surface area contributed by atoms with Crippen molar-refractivity contribution >= 4 is 11.0 Å². The van der Waals surface area contributed by atoms with Crippen LogP contribution in [0, 0.1) is 5.92 Å². The van der Waals surface area contributed by atoms with Gasteiger partial charge in [-0.05, 0) is 18.6 Å². The zero-order chi connectivity index (χ0) is 14.3. The van der Waals surface area contributed by atoms with Crippen LogP contribution in [0.4, 0.5) is 13.2 Å². The van der Waals surface area contributed by atoms with Gasteiger partial charge in [-0.2, -0.15) is 13.2 Å². The van der Waals surface area contributed by atoms with Crippen molar-refractivity contribution in [2.45, 2.75) is 19.1 Å². The van der Waals surface area contributed by atoms with Crippen molar-refractivity contribution in [2.75, 3.05) is 13.2 Å². The lowest BCUT2D eigenvalue weighted by atomic mass is 10.1. The van der Waals surface area contributed by atoms with E-state index in [1.54, 1.807) is 0 Å². The van der Waals surface area contributed by atoms with E-state index in [4.69, 9.17) is 4.74 Å². The lowest BCUT2D eigenvalue weighted by Gasteiger charge is -2.10. The Morgan fingerprint density at radius 1 is 1.40 bits per heavy atom. The molecule has 1 saturated heterocycles. The SMILES string of the molecule is O=c1[nH]c2c(C(F)(F)F)cccc2n1CC1CCOC1. The molecule has 1 atom stereocenters. The summed E-state index contributed by atoms with van der Waals surface area (Å²) in [4.78, 5) is 14.2. The number of alkyl halides is 3. The first kappa shape index (κ1) is 13.2. The molecule has 1 fully saturated rings. The zero-order valence-corrected chi connectivity index (χ0v) is 10.5. The molecule has 2 aromatic rings. The molecular formula is C13H13F3N2O2. The van der Waals surface area contributed by atoms with Crippen LogP contribution in [0.3, 0.4) is 0 Å². The highest BCUT2D eigenvalue weighted by atomic mass is 19.4. The predicted molar refractivity (Wildman–Crippen MR) is 66.5 cm³/mol. The smallest absolute Gasteiger partial charge is 0.381 e. The largest absolute Gasteiger partial charge is 0.418 e. The molecule has 1 N–H and O–H groups in total. The van der Waals surface area contributed by atoms with E-state index in [-0.39, 0.29) is 17.0 Å². The monoisotopic (exact) mass is 286 g/mol. The van der Waals surface area contributed by atoms with E-state index >= 15 is 0 Å². The van der Waals surface area contributed by atoms with Gasteiger partial charge in [0.05, 0.1) is 23.2 Å². The summed E-state index contributed by atoms with van der Waals surface area (Å²) in [6.45, 7) is 1.55. The van der Waals surface area contributed by atoms with Crippen LogP contribution in [0.5, 0.6) is 0 Å². The molecule has 3 rings (SSSR count). The standard InChI is InChI=1S/C13H13F3N2O2/c14-13(15,16)9-2-1-3-10-11(9)17-12(19)18(10)6-8-4-5-20-7-8/h1-3,8H,4-7H2,(H,17,19). The maximum absolute atomic E-state index is 12.9. The number of rotatable bonds is 2. The summed E-state index contributed by atoms with van der Waals surface area (Å²) in [5.41, 5.74) is -1.18. The Hall–Kier alpha value is -1.76. The van der Waals surface area contributed by atoms with Crippen molar-refractivity contribution in [1.82, 2.24) is 9.55 Å². The van der Waals surface area contributed by atoms with E-state index in [2.05, 4.69) is 4.98 Å². The summed E-state index contributed by atoms with van der Waals surface area (Å²) in [7, 11) is 0. The lowest BCUT2D eigenvalue weighted by molar-refractivity contribution is -0.136. The van der Waals surface area contributed by atoms with Crippen molar-refractivity contribution in [1.29, 1.82) is 0 Å². The lowest BCUT2D eigenvalue weighted by Crippen LogP contribution is -2.21. The molecule has 0 bridgehead atoms. The number of benzene rings is 1. The second-order valence-electron chi connectivity index (χ2n) is 4.97. The third kappa shape index (κ3) is 2.22. The van der Waals surface area contributed by atoms with Crippen molar-refractivity contribution < 1.29 is 17.9 Å². The van der Waals surface area contributed by atoms with Crippen LogP contribution in [0.25, 0.3) is 11.0 Å². The van der Waals surface area contributed by atoms with E-state index in [0.717, 1.165) is 12.5 Å². The summed E-state index contributed by atoms with van der Waals surface area (Å²) >= 11 is 0. The van der Waals surface area contributed by atoms with E-state index < -0.39 is 17.4 Å². The minimum Gasteiger partial charge on any atom is -0.381 e. The van der Waals surface area contributed by atoms with Crippen LogP contribution >= 0.6 is 0 Å². The number of ether oxygens (including phenoxy) is 1. The quantitative estimate of drug-likeness (QED) is 0.921. The molecule has 1 unspecified atom stereocenters. The summed E-state index contributed by atoms with van der Waals surface area (Å²) < 4.78 is 45.3. The maximum Gasteiger partial charge on any atom is 0.418 e. The highest BCUT2D eigenvalue weighted by Gasteiger charge is 2.34. The average molecular weight is 286 g/mol. The van der Waals surface area contributed by atoms with Crippen LogP contribution in [0.1, 0.15) is 12.0 Å². The van der Waals surface area contributed by atoms with Gasteiger partial charge in [-0.3, -0.25) is 4.57 Å². The number of halogens is 3. The van der Waals surface area contributed by atoms with Gasteiger partial charge in [0.15, 0.2) is 0 Å². The molecule has 108 valence electrons. The second-order valence-corrected chi connectivity index (χ2v) is 4.97. The molecule has 7 heteroatoms. The molecule has 0 spiro atoms. The first-order valence-corrected chi connectivity index (χ1v) is 6.33.